The molecule has 7 heteroatoms. The van der Waals surface area contributed by atoms with Gasteiger partial charge in [-0.3, -0.25) is 4.79 Å². The van der Waals surface area contributed by atoms with Gasteiger partial charge >= 0.3 is 0 Å². The number of thiophene rings is 1. The summed E-state index contributed by atoms with van der Waals surface area (Å²) in [7, 11) is -3.76. The monoisotopic (exact) mass is 305 g/mol. The van der Waals surface area contributed by atoms with Crippen LogP contribution in [0, 0.1) is 5.92 Å². The zero-order chi connectivity index (χ0) is 14.5. The molecule has 1 atom stereocenters. The molecule has 0 saturated carbocycles. The molecule has 0 spiro atoms. The third kappa shape index (κ3) is 5.30. The van der Waals surface area contributed by atoms with E-state index in [4.69, 9.17) is 4.74 Å². The zero-order valence-corrected chi connectivity index (χ0v) is 12.9. The van der Waals surface area contributed by atoms with E-state index in [1.54, 1.807) is 18.4 Å². The molecule has 19 heavy (non-hydrogen) atoms. The van der Waals surface area contributed by atoms with Gasteiger partial charge in [-0.15, -0.1) is 11.3 Å². The number of carbonyl (C=O) groups is 1. The molecule has 1 aromatic rings. The topological polar surface area (TPSA) is 72.5 Å². The SMILES string of the molecule is CC(C)CCOC(C)C(=O)NS(=O)(=O)c1cccs1. The van der Waals surface area contributed by atoms with Crippen LogP contribution in [0.3, 0.4) is 0 Å². The summed E-state index contributed by atoms with van der Waals surface area (Å²) >= 11 is 1.06. The van der Waals surface area contributed by atoms with Crippen molar-refractivity contribution in [3.63, 3.8) is 0 Å². The minimum atomic E-state index is -3.76. The van der Waals surface area contributed by atoms with Crippen molar-refractivity contribution in [2.45, 2.75) is 37.5 Å². The summed E-state index contributed by atoms with van der Waals surface area (Å²) in [5.74, 6) is -0.165. The molecule has 0 aromatic carbocycles. The van der Waals surface area contributed by atoms with Crippen LogP contribution in [-0.2, 0) is 19.6 Å². The van der Waals surface area contributed by atoms with E-state index in [1.165, 1.54) is 6.07 Å². The lowest BCUT2D eigenvalue weighted by atomic mass is 10.1. The number of hydrogen-bond acceptors (Lipinski definition) is 5. The van der Waals surface area contributed by atoms with Gasteiger partial charge in [-0.05, 0) is 30.7 Å². The fourth-order valence-corrected chi connectivity index (χ4v) is 3.27. The van der Waals surface area contributed by atoms with Crippen LogP contribution in [0.15, 0.2) is 21.7 Å². The minimum Gasteiger partial charge on any atom is -0.369 e. The molecule has 1 rings (SSSR count). The van der Waals surface area contributed by atoms with Crippen molar-refractivity contribution >= 4 is 27.3 Å². The average Bonchev–Trinajstić information content (AvgIpc) is 2.81. The molecular weight excluding hydrogens is 286 g/mol. The molecule has 108 valence electrons. The summed E-state index contributed by atoms with van der Waals surface area (Å²) in [6.45, 7) is 6.08. The summed E-state index contributed by atoms with van der Waals surface area (Å²) in [6, 6.07) is 3.07. The van der Waals surface area contributed by atoms with Crippen molar-refractivity contribution in [2.24, 2.45) is 5.92 Å². The second kappa shape index (κ2) is 7.02. The minimum absolute atomic E-state index is 0.121. The summed E-state index contributed by atoms with van der Waals surface area (Å²) < 4.78 is 31.1. The number of ether oxygens (including phenoxy) is 1. The van der Waals surface area contributed by atoms with E-state index >= 15 is 0 Å². The van der Waals surface area contributed by atoms with Crippen molar-refractivity contribution in [2.75, 3.05) is 6.61 Å². The number of rotatable bonds is 7. The van der Waals surface area contributed by atoms with Gasteiger partial charge in [0, 0.05) is 6.61 Å². The average molecular weight is 305 g/mol. The molecule has 0 radical (unpaired) electrons. The first kappa shape index (κ1) is 16.1. The summed E-state index contributed by atoms with van der Waals surface area (Å²) in [5.41, 5.74) is 0. The maximum Gasteiger partial charge on any atom is 0.273 e. The Morgan fingerprint density at radius 2 is 2.11 bits per heavy atom. The third-order valence-corrected chi connectivity index (χ3v) is 5.17. The van der Waals surface area contributed by atoms with Gasteiger partial charge in [0.2, 0.25) is 0 Å². The Kier molecular flexibility index (Phi) is 5.96. The van der Waals surface area contributed by atoms with Crippen LogP contribution in [0.25, 0.3) is 0 Å². The van der Waals surface area contributed by atoms with E-state index in [9.17, 15) is 13.2 Å². The fraction of sp³-hybridized carbons (Fsp3) is 0.583. The number of hydrogen-bond donors (Lipinski definition) is 1. The Labute approximate surface area is 118 Å². The number of nitrogens with one attached hydrogen (secondary N) is 1. The van der Waals surface area contributed by atoms with Crippen LogP contribution in [0.5, 0.6) is 0 Å². The van der Waals surface area contributed by atoms with E-state index in [2.05, 4.69) is 13.8 Å². The van der Waals surface area contributed by atoms with Crippen LogP contribution < -0.4 is 4.72 Å². The largest absolute Gasteiger partial charge is 0.369 e. The highest BCUT2D eigenvalue weighted by Crippen LogP contribution is 2.15. The summed E-state index contributed by atoms with van der Waals surface area (Å²) in [4.78, 5) is 11.7. The van der Waals surface area contributed by atoms with Crippen molar-refractivity contribution < 1.29 is 17.9 Å². The third-order valence-electron chi connectivity index (χ3n) is 2.43. The molecule has 0 bridgehead atoms. The van der Waals surface area contributed by atoms with E-state index in [0.29, 0.717) is 12.5 Å². The molecule has 0 aliphatic heterocycles. The Morgan fingerprint density at radius 3 is 2.63 bits per heavy atom. The Bertz CT molecular complexity index is 494. The predicted molar refractivity (Wildman–Crippen MR) is 74.5 cm³/mol. The van der Waals surface area contributed by atoms with Crippen LogP contribution in [-0.4, -0.2) is 27.0 Å². The van der Waals surface area contributed by atoms with Crippen molar-refractivity contribution in [1.82, 2.24) is 4.72 Å². The standard InChI is InChI=1S/C12H19NO4S2/c1-9(2)6-7-17-10(3)12(14)13-19(15,16)11-5-4-8-18-11/h4-5,8-10H,6-7H2,1-3H3,(H,13,14). The molecule has 0 aliphatic rings. The van der Waals surface area contributed by atoms with E-state index in [1.807, 2.05) is 4.72 Å². The first-order chi connectivity index (χ1) is 8.83. The highest BCUT2D eigenvalue weighted by Gasteiger charge is 2.22. The lowest BCUT2D eigenvalue weighted by Gasteiger charge is -2.13. The molecule has 1 unspecified atom stereocenters. The van der Waals surface area contributed by atoms with Crippen molar-refractivity contribution in [1.29, 1.82) is 0 Å². The maximum atomic E-state index is 11.8. The van der Waals surface area contributed by atoms with Crippen LogP contribution >= 0.6 is 11.3 Å². The van der Waals surface area contributed by atoms with E-state index in [0.717, 1.165) is 17.8 Å². The van der Waals surface area contributed by atoms with Crippen molar-refractivity contribution in [3.8, 4) is 0 Å². The summed E-state index contributed by atoms with van der Waals surface area (Å²) in [5, 5.41) is 1.64. The van der Waals surface area contributed by atoms with Crippen LogP contribution in [0.4, 0.5) is 0 Å². The van der Waals surface area contributed by atoms with Gasteiger partial charge in [0.25, 0.3) is 15.9 Å². The van der Waals surface area contributed by atoms with Gasteiger partial charge in [-0.2, -0.15) is 0 Å². The molecule has 1 N–H and O–H groups in total. The van der Waals surface area contributed by atoms with Gasteiger partial charge in [-0.25, -0.2) is 13.1 Å². The highest BCUT2D eigenvalue weighted by atomic mass is 32.2. The second-order valence-corrected chi connectivity index (χ2v) is 7.45. The van der Waals surface area contributed by atoms with Crippen LogP contribution in [0.2, 0.25) is 0 Å². The number of amides is 1. The fourth-order valence-electron chi connectivity index (χ4n) is 1.24. The Hall–Kier alpha value is -0.920. The maximum absolute atomic E-state index is 11.8. The molecule has 5 nitrogen and oxygen atoms in total. The summed E-state index contributed by atoms with van der Waals surface area (Å²) in [6.07, 6.45) is 0.0449. The van der Waals surface area contributed by atoms with E-state index < -0.39 is 22.0 Å². The van der Waals surface area contributed by atoms with Gasteiger partial charge in [0.1, 0.15) is 10.3 Å². The number of carbonyl (C=O) groups excluding carboxylic acids is 1. The normalized spacial score (nSPS) is 13.5. The van der Waals surface area contributed by atoms with Gasteiger partial charge < -0.3 is 4.74 Å². The molecular formula is C12H19NO4S2. The Morgan fingerprint density at radius 1 is 1.42 bits per heavy atom. The second-order valence-electron chi connectivity index (χ2n) is 4.60. The van der Waals surface area contributed by atoms with Gasteiger partial charge in [0.15, 0.2) is 0 Å². The molecule has 0 fully saturated rings. The zero-order valence-electron chi connectivity index (χ0n) is 11.3. The molecule has 1 heterocycles. The first-order valence-corrected chi connectivity index (χ1v) is 8.41. The molecule has 1 amide bonds. The Balaban J connectivity index is 2.50. The number of sulfonamides is 1. The lowest BCUT2D eigenvalue weighted by Crippen LogP contribution is -2.38. The van der Waals surface area contributed by atoms with Crippen LogP contribution in [0.1, 0.15) is 27.2 Å². The van der Waals surface area contributed by atoms with Gasteiger partial charge in [0.05, 0.1) is 0 Å². The quantitative estimate of drug-likeness (QED) is 0.836. The lowest BCUT2D eigenvalue weighted by molar-refractivity contribution is -0.130. The smallest absolute Gasteiger partial charge is 0.273 e. The van der Waals surface area contributed by atoms with Gasteiger partial charge in [-0.1, -0.05) is 19.9 Å². The molecule has 1 aromatic heterocycles. The first-order valence-electron chi connectivity index (χ1n) is 6.04. The van der Waals surface area contributed by atoms with E-state index in [-0.39, 0.29) is 4.21 Å². The highest BCUT2D eigenvalue weighted by molar-refractivity contribution is 7.92. The molecule has 0 saturated heterocycles. The van der Waals surface area contributed by atoms with Crippen molar-refractivity contribution in [3.05, 3.63) is 17.5 Å². The molecule has 0 aliphatic carbocycles. The predicted octanol–water partition coefficient (Wildman–Crippen LogP) is 2.00.